The summed E-state index contributed by atoms with van der Waals surface area (Å²) < 4.78 is 1.41. The summed E-state index contributed by atoms with van der Waals surface area (Å²) in [5.41, 5.74) is 6.91. The number of rotatable bonds is 6. The third kappa shape index (κ3) is 4.71. The molecule has 0 aliphatic carbocycles. The first-order valence-electron chi connectivity index (χ1n) is 8.48. The number of anilines is 1. The van der Waals surface area contributed by atoms with Crippen molar-refractivity contribution in [3.8, 4) is 5.69 Å². The van der Waals surface area contributed by atoms with E-state index >= 15 is 0 Å². The molecule has 0 saturated carbocycles. The fourth-order valence-electron chi connectivity index (χ4n) is 2.56. The first kappa shape index (κ1) is 19.5. The molecule has 29 heavy (non-hydrogen) atoms. The van der Waals surface area contributed by atoms with E-state index < -0.39 is 16.9 Å². The van der Waals surface area contributed by atoms with Gasteiger partial charge in [-0.05, 0) is 30.7 Å². The molecular weight excluding hydrogens is 378 g/mol. The number of carbonyl (C=O) groups excluding carboxylic acids is 2. The Hall–Kier alpha value is -4.28. The van der Waals surface area contributed by atoms with Crippen LogP contribution in [-0.4, -0.2) is 31.9 Å². The lowest BCUT2D eigenvalue weighted by molar-refractivity contribution is -0.384. The lowest BCUT2D eigenvalue weighted by Crippen LogP contribution is -2.31. The number of aromatic nitrogens is 3. The summed E-state index contributed by atoms with van der Waals surface area (Å²) >= 11 is 0. The predicted octanol–water partition coefficient (Wildman–Crippen LogP) is 2.16. The molecule has 0 aliphatic heterocycles. The van der Waals surface area contributed by atoms with Crippen molar-refractivity contribution in [3.05, 3.63) is 76.1 Å². The summed E-state index contributed by atoms with van der Waals surface area (Å²) in [7, 11) is 0. The van der Waals surface area contributed by atoms with Gasteiger partial charge >= 0.3 is 6.03 Å². The molecule has 1 aromatic heterocycles. The monoisotopic (exact) mass is 395 g/mol. The van der Waals surface area contributed by atoms with Crippen LogP contribution in [0.25, 0.3) is 5.69 Å². The second-order valence-electron chi connectivity index (χ2n) is 6.13. The van der Waals surface area contributed by atoms with Crippen LogP contribution >= 0.6 is 0 Å². The molecule has 4 N–H and O–H groups in total. The lowest BCUT2D eigenvalue weighted by atomic mass is 10.1. The van der Waals surface area contributed by atoms with Gasteiger partial charge in [-0.25, -0.2) is 9.48 Å². The number of nitrogens with two attached hydrogens (primary N) is 1. The van der Waals surface area contributed by atoms with Crippen molar-refractivity contribution >= 4 is 23.3 Å². The number of carbonyl (C=O) groups is 2. The zero-order chi connectivity index (χ0) is 21.0. The Morgan fingerprint density at radius 2 is 1.93 bits per heavy atom. The molecule has 3 aromatic rings. The number of nitrogens with zero attached hydrogens (tertiary/aromatic N) is 4. The van der Waals surface area contributed by atoms with Gasteiger partial charge in [0, 0.05) is 17.8 Å². The second kappa shape index (κ2) is 8.17. The third-order valence-corrected chi connectivity index (χ3v) is 4.07. The van der Waals surface area contributed by atoms with Crippen LogP contribution in [0.5, 0.6) is 0 Å². The van der Waals surface area contributed by atoms with Gasteiger partial charge < -0.3 is 16.4 Å². The standard InChI is InChI=1S/C18H17N7O4/c1-11(20-18(27)21-13-3-2-4-15(9-13)25(28)29)12-5-7-14(8-6-12)24-10-16(17(19)26)22-23-24/h2-11H,1H3,(H2,19,26)(H2,20,21,27). The Bertz CT molecular complexity index is 1060. The Morgan fingerprint density at radius 3 is 2.55 bits per heavy atom. The Morgan fingerprint density at radius 1 is 1.21 bits per heavy atom. The van der Waals surface area contributed by atoms with Crippen molar-refractivity contribution in [1.82, 2.24) is 20.3 Å². The second-order valence-corrected chi connectivity index (χ2v) is 6.13. The zero-order valence-corrected chi connectivity index (χ0v) is 15.3. The van der Waals surface area contributed by atoms with E-state index in [2.05, 4.69) is 20.9 Å². The van der Waals surface area contributed by atoms with E-state index in [1.165, 1.54) is 29.1 Å². The van der Waals surface area contributed by atoms with E-state index in [4.69, 9.17) is 5.73 Å². The van der Waals surface area contributed by atoms with Gasteiger partial charge in [0.2, 0.25) is 0 Å². The van der Waals surface area contributed by atoms with Gasteiger partial charge in [-0.1, -0.05) is 23.4 Å². The third-order valence-electron chi connectivity index (χ3n) is 4.07. The minimum Gasteiger partial charge on any atom is -0.364 e. The molecule has 1 atom stereocenters. The fourth-order valence-corrected chi connectivity index (χ4v) is 2.56. The van der Waals surface area contributed by atoms with Gasteiger partial charge in [0.05, 0.1) is 22.8 Å². The van der Waals surface area contributed by atoms with Gasteiger partial charge in [-0.15, -0.1) is 5.10 Å². The van der Waals surface area contributed by atoms with E-state index in [0.717, 1.165) is 5.56 Å². The van der Waals surface area contributed by atoms with Crippen molar-refractivity contribution in [2.45, 2.75) is 13.0 Å². The molecule has 3 amide bonds. The van der Waals surface area contributed by atoms with Crippen LogP contribution in [0, 0.1) is 10.1 Å². The number of urea groups is 1. The lowest BCUT2D eigenvalue weighted by Gasteiger charge is -2.15. The Kier molecular flexibility index (Phi) is 5.49. The predicted molar refractivity (Wildman–Crippen MR) is 104 cm³/mol. The fraction of sp³-hybridized carbons (Fsp3) is 0.111. The number of amides is 3. The van der Waals surface area contributed by atoms with Gasteiger partial charge in [0.15, 0.2) is 5.69 Å². The molecule has 11 heteroatoms. The number of hydrogen-bond acceptors (Lipinski definition) is 6. The van der Waals surface area contributed by atoms with E-state index in [-0.39, 0.29) is 17.4 Å². The van der Waals surface area contributed by atoms with Gasteiger partial charge in [-0.2, -0.15) is 0 Å². The minimum atomic E-state index is -0.666. The Balaban J connectivity index is 1.63. The van der Waals surface area contributed by atoms with Crippen LogP contribution in [0.4, 0.5) is 16.2 Å². The van der Waals surface area contributed by atoms with Crippen molar-refractivity contribution in [2.75, 3.05) is 5.32 Å². The van der Waals surface area contributed by atoms with Crippen LogP contribution in [0.2, 0.25) is 0 Å². The molecule has 148 valence electrons. The largest absolute Gasteiger partial charge is 0.364 e. The maximum absolute atomic E-state index is 12.2. The van der Waals surface area contributed by atoms with Gasteiger partial charge in [-0.3, -0.25) is 14.9 Å². The molecular formula is C18H17N7O4. The number of hydrogen-bond donors (Lipinski definition) is 3. The molecule has 0 fully saturated rings. The van der Waals surface area contributed by atoms with Crippen LogP contribution in [0.3, 0.4) is 0 Å². The van der Waals surface area contributed by atoms with E-state index in [1.807, 2.05) is 0 Å². The summed E-state index contributed by atoms with van der Waals surface area (Å²) in [6, 6.07) is 11.9. The molecule has 2 aromatic carbocycles. The van der Waals surface area contributed by atoms with E-state index in [9.17, 15) is 19.7 Å². The van der Waals surface area contributed by atoms with Crippen LogP contribution in [0.1, 0.15) is 29.0 Å². The molecule has 0 radical (unpaired) electrons. The topological polar surface area (TPSA) is 158 Å². The summed E-state index contributed by atoms with van der Waals surface area (Å²) in [5.74, 6) is -0.666. The van der Waals surface area contributed by atoms with Crippen LogP contribution in [0.15, 0.2) is 54.7 Å². The molecule has 3 rings (SSSR count). The highest BCUT2D eigenvalue weighted by Crippen LogP contribution is 2.18. The maximum Gasteiger partial charge on any atom is 0.319 e. The molecule has 0 aliphatic rings. The molecule has 0 spiro atoms. The summed E-state index contributed by atoms with van der Waals surface area (Å²) in [6.45, 7) is 1.79. The number of nitro groups is 1. The molecule has 11 nitrogen and oxygen atoms in total. The van der Waals surface area contributed by atoms with Crippen molar-refractivity contribution in [3.63, 3.8) is 0 Å². The number of benzene rings is 2. The number of non-ortho nitro benzene ring substituents is 1. The summed E-state index contributed by atoms with van der Waals surface area (Å²) in [4.78, 5) is 33.6. The van der Waals surface area contributed by atoms with Crippen LogP contribution < -0.4 is 16.4 Å². The van der Waals surface area contributed by atoms with E-state index in [0.29, 0.717) is 11.4 Å². The van der Waals surface area contributed by atoms with Crippen molar-refractivity contribution in [1.29, 1.82) is 0 Å². The smallest absolute Gasteiger partial charge is 0.319 e. The number of nitrogens with one attached hydrogen (secondary N) is 2. The molecule has 1 unspecified atom stereocenters. The number of primary amides is 1. The molecule has 0 bridgehead atoms. The first-order valence-corrected chi connectivity index (χ1v) is 8.48. The van der Waals surface area contributed by atoms with Crippen LogP contribution in [-0.2, 0) is 0 Å². The Labute approximate surface area is 164 Å². The highest BCUT2D eigenvalue weighted by molar-refractivity contribution is 5.90. The SMILES string of the molecule is CC(NC(=O)Nc1cccc([N+](=O)[O-])c1)c1ccc(-n2cc(C(N)=O)nn2)cc1. The van der Waals surface area contributed by atoms with Crippen molar-refractivity contribution < 1.29 is 14.5 Å². The number of nitro benzene ring substituents is 1. The van der Waals surface area contributed by atoms with Gasteiger partial charge in [0.25, 0.3) is 11.6 Å². The maximum atomic E-state index is 12.2. The molecule has 0 saturated heterocycles. The summed E-state index contributed by atoms with van der Waals surface area (Å²) in [5, 5.41) is 23.6. The quantitative estimate of drug-likeness (QED) is 0.428. The highest BCUT2D eigenvalue weighted by Gasteiger charge is 2.13. The highest BCUT2D eigenvalue weighted by atomic mass is 16.6. The first-order chi connectivity index (χ1) is 13.8. The summed E-state index contributed by atoms with van der Waals surface area (Å²) in [6.07, 6.45) is 1.42. The van der Waals surface area contributed by atoms with Gasteiger partial charge in [0.1, 0.15) is 0 Å². The zero-order valence-electron chi connectivity index (χ0n) is 15.3. The van der Waals surface area contributed by atoms with E-state index in [1.54, 1.807) is 37.3 Å². The molecule has 1 heterocycles. The average Bonchev–Trinajstić information content (AvgIpc) is 3.18. The minimum absolute atomic E-state index is 0.0573. The average molecular weight is 395 g/mol. The normalized spacial score (nSPS) is 11.5. The van der Waals surface area contributed by atoms with Crippen molar-refractivity contribution in [2.24, 2.45) is 5.73 Å².